The molecule has 4 heteroatoms. The van der Waals surface area contributed by atoms with E-state index in [2.05, 4.69) is 0 Å². The van der Waals surface area contributed by atoms with Gasteiger partial charge in [-0.25, -0.2) is 0 Å². The normalized spacial score (nSPS) is 14.1. The van der Waals surface area contributed by atoms with Crippen LogP contribution in [0.5, 0.6) is 5.75 Å². The van der Waals surface area contributed by atoms with E-state index in [1.165, 1.54) is 0 Å². The average molecular weight is 279 g/mol. The highest BCUT2D eigenvalue weighted by molar-refractivity contribution is 5.75. The molecule has 4 nitrogen and oxygen atoms in total. The van der Waals surface area contributed by atoms with Crippen LogP contribution >= 0.6 is 0 Å². The third-order valence-corrected chi connectivity index (χ3v) is 3.61. The van der Waals surface area contributed by atoms with Gasteiger partial charge in [-0.2, -0.15) is 0 Å². The number of hydrogen-bond acceptors (Lipinski definition) is 3. The predicted molar refractivity (Wildman–Crippen MR) is 80.0 cm³/mol. The zero-order chi connectivity index (χ0) is 15.3. The lowest BCUT2D eigenvalue weighted by atomic mass is 9.75. The van der Waals surface area contributed by atoms with Gasteiger partial charge in [0.2, 0.25) is 0 Å². The van der Waals surface area contributed by atoms with Crippen molar-refractivity contribution in [3.8, 4) is 5.75 Å². The van der Waals surface area contributed by atoms with Crippen LogP contribution in [0.15, 0.2) is 18.2 Å². The molecule has 0 aromatic heterocycles. The maximum absolute atomic E-state index is 11.8. The number of ether oxygens (including phenoxy) is 1. The van der Waals surface area contributed by atoms with E-state index in [1.807, 2.05) is 39.0 Å². The van der Waals surface area contributed by atoms with Crippen molar-refractivity contribution in [2.24, 2.45) is 17.1 Å². The second kappa shape index (κ2) is 6.75. The maximum Gasteiger partial charge on any atom is 0.311 e. The zero-order valence-electron chi connectivity index (χ0n) is 12.8. The smallest absolute Gasteiger partial charge is 0.311 e. The van der Waals surface area contributed by atoms with Gasteiger partial charge in [-0.05, 0) is 37.3 Å². The Balaban J connectivity index is 3.18. The monoisotopic (exact) mass is 279 g/mol. The topological polar surface area (TPSA) is 72.5 Å². The van der Waals surface area contributed by atoms with Crippen LogP contribution in [0.1, 0.15) is 31.4 Å². The molecule has 0 radical (unpaired) electrons. The summed E-state index contributed by atoms with van der Waals surface area (Å²) in [5.74, 6) is 0.154. The van der Waals surface area contributed by atoms with E-state index in [0.29, 0.717) is 12.8 Å². The van der Waals surface area contributed by atoms with Crippen molar-refractivity contribution in [1.82, 2.24) is 0 Å². The molecule has 0 amide bonds. The van der Waals surface area contributed by atoms with E-state index < -0.39 is 11.4 Å². The first-order valence-electron chi connectivity index (χ1n) is 6.91. The number of nitrogens with two attached hydrogens (primary N) is 1. The first kappa shape index (κ1) is 16.5. The average Bonchev–Trinajstić information content (AvgIpc) is 2.37. The van der Waals surface area contributed by atoms with E-state index in [0.717, 1.165) is 16.9 Å². The van der Waals surface area contributed by atoms with Crippen molar-refractivity contribution in [3.63, 3.8) is 0 Å². The largest absolute Gasteiger partial charge is 0.496 e. The molecule has 0 heterocycles. The number of carboxylic acid groups (broad SMARTS) is 1. The van der Waals surface area contributed by atoms with E-state index >= 15 is 0 Å². The van der Waals surface area contributed by atoms with E-state index in [9.17, 15) is 9.90 Å². The highest BCUT2D eigenvalue weighted by Crippen LogP contribution is 2.34. The third-order valence-electron chi connectivity index (χ3n) is 3.61. The van der Waals surface area contributed by atoms with Gasteiger partial charge >= 0.3 is 5.97 Å². The summed E-state index contributed by atoms with van der Waals surface area (Å²) in [5.41, 5.74) is 6.87. The summed E-state index contributed by atoms with van der Waals surface area (Å²) in [5, 5.41) is 9.65. The zero-order valence-corrected chi connectivity index (χ0v) is 12.8. The molecule has 0 spiro atoms. The molecule has 3 N–H and O–H groups in total. The molecule has 1 unspecified atom stereocenters. The van der Waals surface area contributed by atoms with Crippen LogP contribution in [0.25, 0.3) is 0 Å². The highest BCUT2D eigenvalue weighted by atomic mass is 16.5. The number of carbonyl (C=O) groups is 1. The quantitative estimate of drug-likeness (QED) is 0.804. The summed E-state index contributed by atoms with van der Waals surface area (Å²) >= 11 is 0. The molecule has 0 aliphatic rings. The second-order valence-electron chi connectivity index (χ2n) is 5.88. The molecule has 0 aliphatic heterocycles. The van der Waals surface area contributed by atoms with Crippen LogP contribution in [0, 0.1) is 18.3 Å². The summed E-state index contributed by atoms with van der Waals surface area (Å²) < 4.78 is 5.34. The van der Waals surface area contributed by atoms with Gasteiger partial charge in [-0.1, -0.05) is 31.5 Å². The number of carboxylic acids is 1. The van der Waals surface area contributed by atoms with Gasteiger partial charge in [-0.15, -0.1) is 0 Å². The summed E-state index contributed by atoms with van der Waals surface area (Å²) in [6.07, 6.45) is 0.942. The standard InChI is InChI=1S/C16H25NO3/c1-11(2)8-16(10-17,15(18)19)9-13-7-12(3)5-6-14(13)20-4/h5-7,11H,8-10,17H2,1-4H3,(H,18,19). The van der Waals surface area contributed by atoms with E-state index in [4.69, 9.17) is 10.5 Å². The summed E-state index contributed by atoms with van der Waals surface area (Å²) in [4.78, 5) is 11.8. The maximum atomic E-state index is 11.8. The van der Waals surface area contributed by atoms with Crippen molar-refractivity contribution in [2.45, 2.75) is 33.6 Å². The lowest BCUT2D eigenvalue weighted by Crippen LogP contribution is -2.41. The molecule has 0 bridgehead atoms. The lowest BCUT2D eigenvalue weighted by molar-refractivity contribution is -0.149. The predicted octanol–water partition coefficient (Wildman–Crippen LogP) is 2.62. The fourth-order valence-electron chi connectivity index (χ4n) is 2.67. The minimum absolute atomic E-state index is 0.123. The number of aryl methyl sites for hydroxylation is 1. The minimum atomic E-state index is -0.935. The summed E-state index contributed by atoms with van der Waals surface area (Å²) in [6.45, 7) is 6.13. The van der Waals surface area contributed by atoms with Crippen LogP contribution < -0.4 is 10.5 Å². The van der Waals surface area contributed by atoms with Gasteiger partial charge in [0.05, 0.1) is 12.5 Å². The Morgan fingerprint density at radius 2 is 2.10 bits per heavy atom. The molecule has 1 aromatic carbocycles. The number of rotatable bonds is 7. The molecule has 112 valence electrons. The van der Waals surface area contributed by atoms with Crippen LogP contribution in [-0.4, -0.2) is 24.7 Å². The molecule has 1 rings (SSSR count). The fraction of sp³-hybridized carbons (Fsp3) is 0.562. The molecule has 0 saturated carbocycles. The summed E-state index contributed by atoms with van der Waals surface area (Å²) in [7, 11) is 1.60. The minimum Gasteiger partial charge on any atom is -0.496 e. The molecular weight excluding hydrogens is 254 g/mol. The van der Waals surface area contributed by atoms with Crippen LogP contribution in [0.3, 0.4) is 0 Å². The van der Waals surface area contributed by atoms with Gasteiger partial charge in [0.15, 0.2) is 0 Å². The Hall–Kier alpha value is -1.55. The fourth-order valence-corrected chi connectivity index (χ4v) is 2.67. The van der Waals surface area contributed by atoms with Crippen molar-refractivity contribution >= 4 is 5.97 Å². The van der Waals surface area contributed by atoms with Crippen molar-refractivity contribution in [2.75, 3.05) is 13.7 Å². The van der Waals surface area contributed by atoms with Crippen LogP contribution in [0.4, 0.5) is 0 Å². The lowest BCUT2D eigenvalue weighted by Gasteiger charge is -2.30. The van der Waals surface area contributed by atoms with Crippen LogP contribution in [-0.2, 0) is 11.2 Å². The molecule has 0 aliphatic carbocycles. The Labute approximate surface area is 120 Å². The first-order chi connectivity index (χ1) is 9.34. The molecule has 1 atom stereocenters. The second-order valence-corrected chi connectivity index (χ2v) is 5.88. The SMILES string of the molecule is COc1ccc(C)cc1CC(CN)(CC(C)C)C(=O)O. The van der Waals surface area contributed by atoms with Gasteiger partial charge < -0.3 is 15.6 Å². The van der Waals surface area contributed by atoms with Crippen molar-refractivity contribution < 1.29 is 14.6 Å². The number of hydrogen-bond donors (Lipinski definition) is 2. The summed E-state index contributed by atoms with van der Waals surface area (Å²) in [6, 6.07) is 5.81. The van der Waals surface area contributed by atoms with Gasteiger partial charge in [-0.3, -0.25) is 4.79 Å². The Kier molecular flexibility index (Phi) is 5.57. The molecule has 1 aromatic rings. The number of methoxy groups -OCH3 is 1. The van der Waals surface area contributed by atoms with Gasteiger partial charge in [0, 0.05) is 6.54 Å². The first-order valence-corrected chi connectivity index (χ1v) is 6.91. The number of benzene rings is 1. The van der Waals surface area contributed by atoms with Gasteiger partial charge in [0.25, 0.3) is 0 Å². The molecular formula is C16H25NO3. The number of aliphatic carboxylic acids is 1. The van der Waals surface area contributed by atoms with E-state index in [-0.39, 0.29) is 12.5 Å². The molecule has 0 fully saturated rings. The van der Waals surface area contributed by atoms with Crippen molar-refractivity contribution in [1.29, 1.82) is 0 Å². The van der Waals surface area contributed by atoms with E-state index in [1.54, 1.807) is 7.11 Å². The Morgan fingerprint density at radius 1 is 1.45 bits per heavy atom. The molecule has 0 saturated heterocycles. The Morgan fingerprint density at radius 3 is 2.55 bits per heavy atom. The van der Waals surface area contributed by atoms with Crippen LogP contribution in [0.2, 0.25) is 0 Å². The molecule has 20 heavy (non-hydrogen) atoms. The van der Waals surface area contributed by atoms with Gasteiger partial charge in [0.1, 0.15) is 5.75 Å². The van der Waals surface area contributed by atoms with Crippen molar-refractivity contribution in [3.05, 3.63) is 29.3 Å². The Bertz CT molecular complexity index is 471. The highest BCUT2D eigenvalue weighted by Gasteiger charge is 2.38. The third kappa shape index (κ3) is 3.73.